The summed E-state index contributed by atoms with van der Waals surface area (Å²) in [7, 11) is 0. The van der Waals surface area contributed by atoms with Gasteiger partial charge in [0.2, 0.25) is 5.91 Å². The predicted molar refractivity (Wildman–Crippen MR) is 79.2 cm³/mol. The fraction of sp³-hybridized carbons (Fsp3) is 0.562. The molecule has 0 aliphatic carbocycles. The molecule has 0 aromatic heterocycles. The van der Waals surface area contributed by atoms with Gasteiger partial charge in [-0.15, -0.1) is 0 Å². The Morgan fingerprint density at radius 2 is 2.30 bits per heavy atom. The fourth-order valence-corrected chi connectivity index (χ4v) is 3.00. The van der Waals surface area contributed by atoms with Gasteiger partial charge in [0.15, 0.2) is 0 Å². The van der Waals surface area contributed by atoms with Crippen molar-refractivity contribution >= 4 is 11.6 Å². The molecule has 1 saturated heterocycles. The topological polar surface area (TPSA) is 41.1 Å². The molecule has 1 amide bonds. The molecule has 1 aliphatic heterocycles. The minimum Gasteiger partial charge on any atom is -0.323 e. The number of nitrogens with one attached hydrogen (secondary N) is 2. The number of benzene rings is 1. The van der Waals surface area contributed by atoms with Crippen LogP contribution in [0.15, 0.2) is 18.2 Å². The van der Waals surface area contributed by atoms with E-state index in [0.717, 1.165) is 37.8 Å². The summed E-state index contributed by atoms with van der Waals surface area (Å²) in [4.78, 5) is 12.7. The van der Waals surface area contributed by atoms with Crippen LogP contribution in [0.2, 0.25) is 0 Å². The summed E-state index contributed by atoms with van der Waals surface area (Å²) in [5.74, 6) is -0.423. The lowest BCUT2D eigenvalue weighted by Crippen LogP contribution is -2.48. The first-order valence-electron chi connectivity index (χ1n) is 7.36. The number of rotatable bonds is 4. The molecule has 2 rings (SSSR count). The van der Waals surface area contributed by atoms with E-state index < -0.39 is 5.41 Å². The third kappa shape index (κ3) is 3.01. The minimum absolute atomic E-state index is 0.0558. The zero-order valence-electron chi connectivity index (χ0n) is 12.3. The molecule has 1 atom stereocenters. The van der Waals surface area contributed by atoms with Gasteiger partial charge in [-0.25, -0.2) is 4.39 Å². The van der Waals surface area contributed by atoms with Crippen LogP contribution in [-0.2, 0) is 4.79 Å². The molecule has 0 bridgehead atoms. The van der Waals surface area contributed by atoms with Gasteiger partial charge < -0.3 is 10.6 Å². The Bertz CT molecular complexity index is 456. The number of aryl methyl sites for hydroxylation is 1. The molecule has 4 heteroatoms. The summed E-state index contributed by atoms with van der Waals surface area (Å²) in [6.07, 6.45) is 3.64. The highest BCUT2D eigenvalue weighted by atomic mass is 19.1. The first kappa shape index (κ1) is 15.0. The molecule has 1 aromatic rings. The monoisotopic (exact) mass is 278 g/mol. The molecular formula is C16H23FN2O. The SMILES string of the molecule is CCCC1(C(=O)Nc2c(C)cccc2F)CCCNC1. The molecule has 1 aromatic carbocycles. The fourth-order valence-electron chi connectivity index (χ4n) is 3.00. The highest BCUT2D eigenvalue weighted by Gasteiger charge is 2.39. The normalized spacial score (nSPS) is 22.6. The van der Waals surface area contributed by atoms with Crippen LogP contribution in [0, 0.1) is 18.2 Å². The third-order valence-electron chi connectivity index (χ3n) is 4.14. The van der Waals surface area contributed by atoms with Crippen molar-refractivity contribution in [3.05, 3.63) is 29.6 Å². The summed E-state index contributed by atoms with van der Waals surface area (Å²) in [5, 5.41) is 6.12. The summed E-state index contributed by atoms with van der Waals surface area (Å²) < 4.78 is 13.9. The van der Waals surface area contributed by atoms with Gasteiger partial charge in [-0.3, -0.25) is 4.79 Å². The molecule has 110 valence electrons. The molecule has 3 nitrogen and oxygen atoms in total. The van der Waals surface area contributed by atoms with Crippen LogP contribution in [-0.4, -0.2) is 19.0 Å². The summed E-state index contributed by atoms with van der Waals surface area (Å²) in [6.45, 7) is 5.53. The summed E-state index contributed by atoms with van der Waals surface area (Å²) in [6, 6.07) is 4.85. The molecular weight excluding hydrogens is 255 g/mol. The average Bonchev–Trinajstić information content (AvgIpc) is 2.44. The van der Waals surface area contributed by atoms with Gasteiger partial charge in [0.1, 0.15) is 5.82 Å². The van der Waals surface area contributed by atoms with Gasteiger partial charge >= 0.3 is 0 Å². The molecule has 2 N–H and O–H groups in total. The number of anilines is 1. The van der Waals surface area contributed by atoms with Crippen molar-refractivity contribution in [3.63, 3.8) is 0 Å². The second kappa shape index (κ2) is 6.35. The van der Waals surface area contributed by atoms with E-state index in [2.05, 4.69) is 17.6 Å². The van der Waals surface area contributed by atoms with Crippen molar-refractivity contribution in [2.45, 2.75) is 39.5 Å². The molecule has 20 heavy (non-hydrogen) atoms. The first-order chi connectivity index (χ1) is 9.59. The van der Waals surface area contributed by atoms with E-state index in [4.69, 9.17) is 0 Å². The zero-order chi connectivity index (χ0) is 14.6. The maximum absolute atomic E-state index is 13.9. The molecule has 0 saturated carbocycles. The lowest BCUT2D eigenvalue weighted by Gasteiger charge is -2.36. The predicted octanol–water partition coefficient (Wildman–Crippen LogP) is 3.24. The van der Waals surface area contributed by atoms with Gasteiger partial charge in [-0.05, 0) is 44.4 Å². The van der Waals surface area contributed by atoms with E-state index >= 15 is 0 Å². The maximum atomic E-state index is 13.9. The number of piperidine rings is 1. The summed E-state index contributed by atoms with van der Waals surface area (Å²) >= 11 is 0. The number of para-hydroxylation sites is 1. The van der Waals surface area contributed by atoms with Crippen LogP contribution in [0.4, 0.5) is 10.1 Å². The second-order valence-corrected chi connectivity index (χ2v) is 5.70. The molecule has 0 radical (unpaired) electrons. The van der Waals surface area contributed by atoms with Crippen molar-refractivity contribution in [2.24, 2.45) is 5.41 Å². The van der Waals surface area contributed by atoms with Crippen molar-refractivity contribution in [3.8, 4) is 0 Å². The van der Waals surface area contributed by atoms with Gasteiger partial charge in [-0.1, -0.05) is 25.5 Å². The van der Waals surface area contributed by atoms with Gasteiger partial charge in [0.25, 0.3) is 0 Å². The number of carbonyl (C=O) groups excluding carboxylic acids is 1. The smallest absolute Gasteiger partial charge is 0.231 e. The van der Waals surface area contributed by atoms with E-state index in [9.17, 15) is 9.18 Å². The molecule has 1 fully saturated rings. The van der Waals surface area contributed by atoms with E-state index in [1.807, 2.05) is 13.0 Å². The van der Waals surface area contributed by atoms with Gasteiger partial charge in [0, 0.05) is 6.54 Å². The zero-order valence-corrected chi connectivity index (χ0v) is 12.3. The number of halogens is 1. The molecule has 1 heterocycles. The molecule has 1 aliphatic rings. The molecule has 1 unspecified atom stereocenters. The lowest BCUT2D eigenvalue weighted by atomic mass is 9.76. The van der Waals surface area contributed by atoms with Crippen molar-refractivity contribution in [1.29, 1.82) is 0 Å². The summed E-state index contributed by atoms with van der Waals surface area (Å²) in [5.41, 5.74) is 0.675. The highest BCUT2D eigenvalue weighted by molar-refractivity contribution is 5.96. The van der Waals surface area contributed by atoms with E-state index in [-0.39, 0.29) is 11.7 Å². The maximum Gasteiger partial charge on any atom is 0.231 e. The Balaban J connectivity index is 2.20. The number of hydrogen-bond acceptors (Lipinski definition) is 2. The highest BCUT2D eigenvalue weighted by Crippen LogP contribution is 2.33. The van der Waals surface area contributed by atoms with E-state index in [1.165, 1.54) is 6.07 Å². The van der Waals surface area contributed by atoms with Crippen LogP contribution < -0.4 is 10.6 Å². The van der Waals surface area contributed by atoms with Crippen LogP contribution in [0.3, 0.4) is 0 Å². The lowest BCUT2D eigenvalue weighted by molar-refractivity contribution is -0.127. The van der Waals surface area contributed by atoms with Gasteiger partial charge in [-0.2, -0.15) is 0 Å². The standard InChI is InChI=1S/C16H23FN2O/c1-3-8-16(9-5-10-18-11-16)15(20)19-14-12(2)6-4-7-13(14)17/h4,6-7,18H,3,5,8-11H2,1-2H3,(H,19,20). The number of hydrogen-bond donors (Lipinski definition) is 2. The van der Waals surface area contributed by atoms with Crippen molar-refractivity contribution < 1.29 is 9.18 Å². The Labute approximate surface area is 120 Å². The van der Waals surface area contributed by atoms with Crippen LogP contribution in [0.5, 0.6) is 0 Å². The van der Waals surface area contributed by atoms with Crippen molar-refractivity contribution in [1.82, 2.24) is 5.32 Å². The van der Waals surface area contributed by atoms with E-state index in [0.29, 0.717) is 12.2 Å². The Morgan fingerprint density at radius 1 is 1.50 bits per heavy atom. The quantitative estimate of drug-likeness (QED) is 0.887. The van der Waals surface area contributed by atoms with Gasteiger partial charge in [0.05, 0.1) is 11.1 Å². The Hall–Kier alpha value is -1.42. The largest absolute Gasteiger partial charge is 0.323 e. The molecule has 0 spiro atoms. The van der Waals surface area contributed by atoms with Crippen LogP contribution in [0.1, 0.15) is 38.2 Å². The second-order valence-electron chi connectivity index (χ2n) is 5.70. The van der Waals surface area contributed by atoms with E-state index in [1.54, 1.807) is 6.07 Å². The third-order valence-corrected chi connectivity index (χ3v) is 4.14. The van der Waals surface area contributed by atoms with Crippen molar-refractivity contribution in [2.75, 3.05) is 18.4 Å². The number of amides is 1. The Morgan fingerprint density at radius 3 is 2.90 bits per heavy atom. The number of carbonyl (C=O) groups is 1. The van der Waals surface area contributed by atoms with Crippen LogP contribution in [0.25, 0.3) is 0 Å². The average molecular weight is 278 g/mol. The van der Waals surface area contributed by atoms with Crippen LogP contribution >= 0.6 is 0 Å². The Kier molecular flexibility index (Phi) is 4.76. The minimum atomic E-state index is -0.401. The first-order valence-corrected chi connectivity index (χ1v) is 7.36.